The van der Waals surface area contributed by atoms with Crippen LogP contribution in [0.4, 0.5) is 5.69 Å². The first kappa shape index (κ1) is 21.3. The smallest absolute Gasteiger partial charge is 0.264 e. The average Bonchev–Trinajstić information content (AvgIpc) is 2.97. The number of aryl methyl sites for hydroxylation is 1. The molecule has 1 amide bonds. The molecule has 0 saturated carbocycles. The Labute approximate surface area is 189 Å². The Morgan fingerprint density at radius 3 is 2.45 bits per heavy atom. The van der Waals surface area contributed by atoms with E-state index >= 15 is 0 Å². The minimum Gasteiger partial charge on any atom is -0.491 e. The molecule has 0 aromatic heterocycles. The summed E-state index contributed by atoms with van der Waals surface area (Å²) in [5, 5.41) is 11.4. The number of anilines is 1. The number of para-hydroxylation sites is 2. The minimum absolute atomic E-state index is 0.263. The van der Waals surface area contributed by atoms with Gasteiger partial charge in [-0.15, -0.1) is 0 Å². The molecular weight excluding hydrogens is 458 g/mol. The predicted molar refractivity (Wildman–Crippen MR) is 122 cm³/mol. The predicted octanol–water partition coefficient (Wildman–Crippen LogP) is 4.64. The van der Waals surface area contributed by atoms with Crippen LogP contribution in [0.25, 0.3) is 0 Å². The van der Waals surface area contributed by atoms with Crippen LogP contribution >= 0.6 is 15.9 Å². The summed E-state index contributed by atoms with van der Waals surface area (Å²) in [6, 6.07) is 21.6. The lowest BCUT2D eigenvalue weighted by atomic mass is 9.88. The highest BCUT2D eigenvalue weighted by molar-refractivity contribution is 9.10. The largest absolute Gasteiger partial charge is 0.491 e. The fourth-order valence-corrected chi connectivity index (χ4v) is 4.10. The van der Waals surface area contributed by atoms with Crippen molar-refractivity contribution in [3.63, 3.8) is 0 Å². The quantitative estimate of drug-likeness (QED) is 0.501. The molecule has 1 heterocycles. The number of carbonyl (C=O) groups excluding carboxylic acids is 2. The van der Waals surface area contributed by atoms with Crippen LogP contribution < -0.4 is 9.64 Å². The average molecular weight is 480 g/mol. The number of aliphatic hydroxyl groups is 1. The maximum absolute atomic E-state index is 13.3. The summed E-state index contributed by atoms with van der Waals surface area (Å²) < 4.78 is 6.70. The van der Waals surface area contributed by atoms with Gasteiger partial charge in [0.2, 0.25) is 0 Å². The number of hydrogen-bond donors (Lipinski definition) is 1. The van der Waals surface area contributed by atoms with Gasteiger partial charge in [-0.25, -0.2) is 0 Å². The fourth-order valence-electron chi connectivity index (χ4n) is 3.83. The summed E-state index contributed by atoms with van der Waals surface area (Å²) in [6.45, 7) is 2.48. The molecule has 3 aromatic carbocycles. The molecule has 0 bridgehead atoms. The number of benzene rings is 3. The topological polar surface area (TPSA) is 66.8 Å². The normalized spacial score (nSPS) is 17.5. The number of hydrogen-bond acceptors (Lipinski definition) is 4. The van der Waals surface area contributed by atoms with Gasteiger partial charge in [-0.1, -0.05) is 64.5 Å². The highest BCUT2D eigenvalue weighted by Crippen LogP contribution is 2.42. The van der Waals surface area contributed by atoms with Crippen molar-refractivity contribution in [2.24, 2.45) is 0 Å². The molecule has 0 fully saturated rings. The maximum Gasteiger partial charge on any atom is 0.264 e. The van der Waals surface area contributed by atoms with Crippen molar-refractivity contribution in [1.82, 2.24) is 0 Å². The van der Waals surface area contributed by atoms with Crippen LogP contribution in [-0.4, -0.2) is 29.9 Å². The van der Waals surface area contributed by atoms with E-state index in [-0.39, 0.29) is 25.4 Å². The number of fused-ring (bicyclic) bond motifs is 1. The standard InChI is InChI=1S/C25H22BrNO4/c1-17-6-2-5-9-23(17)31-15-14-27-21-8-4-3-7-20(21)25(30,24(27)29)16-22(28)18-10-12-19(26)13-11-18/h2-13,30H,14-16H2,1H3. The Hall–Kier alpha value is -2.96. The molecule has 6 heteroatoms. The lowest BCUT2D eigenvalue weighted by Crippen LogP contribution is -2.43. The number of nitrogens with zero attached hydrogens (tertiary/aromatic N) is 1. The van der Waals surface area contributed by atoms with E-state index in [1.807, 2.05) is 37.3 Å². The Morgan fingerprint density at radius 1 is 1.03 bits per heavy atom. The zero-order chi connectivity index (χ0) is 22.0. The van der Waals surface area contributed by atoms with E-state index in [9.17, 15) is 14.7 Å². The molecule has 31 heavy (non-hydrogen) atoms. The third kappa shape index (κ3) is 4.13. The number of amides is 1. The van der Waals surface area contributed by atoms with Gasteiger partial charge in [0.25, 0.3) is 5.91 Å². The Balaban J connectivity index is 1.54. The van der Waals surface area contributed by atoms with Gasteiger partial charge in [0.05, 0.1) is 18.7 Å². The third-order valence-corrected chi connectivity index (χ3v) is 6.02. The molecule has 3 aromatic rings. The van der Waals surface area contributed by atoms with Gasteiger partial charge < -0.3 is 14.7 Å². The molecule has 4 rings (SSSR count). The molecule has 1 unspecified atom stereocenters. The van der Waals surface area contributed by atoms with E-state index in [4.69, 9.17) is 4.74 Å². The number of ether oxygens (including phenoxy) is 1. The molecule has 1 aliphatic rings. The van der Waals surface area contributed by atoms with Crippen molar-refractivity contribution >= 4 is 33.3 Å². The van der Waals surface area contributed by atoms with E-state index < -0.39 is 11.5 Å². The molecule has 1 atom stereocenters. The lowest BCUT2D eigenvalue weighted by Gasteiger charge is -2.23. The number of halogens is 1. The second-order valence-electron chi connectivity index (χ2n) is 7.56. The molecule has 5 nitrogen and oxygen atoms in total. The van der Waals surface area contributed by atoms with E-state index in [1.54, 1.807) is 42.5 Å². The van der Waals surface area contributed by atoms with E-state index in [2.05, 4.69) is 15.9 Å². The van der Waals surface area contributed by atoms with E-state index in [0.29, 0.717) is 16.8 Å². The van der Waals surface area contributed by atoms with E-state index in [1.165, 1.54) is 4.90 Å². The SMILES string of the molecule is Cc1ccccc1OCCN1C(=O)C(O)(CC(=O)c2ccc(Br)cc2)c2ccccc21. The van der Waals surface area contributed by atoms with Gasteiger partial charge in [-0.3, -0.25) is 9.59 Å². The molecule has 158 valence electrons. The monoisotopic (exact) mass is 479 g/mol. The third-order valence-electron chi connectivity index (χ3n) is 5.49. The molecule has 0 spiro atoms. The maximum atomic E-state index is 13.3. The first-order valence-corrected chi connectivity index (χ1v) is 10.8. The van der Waals surface area contributed by atoms with Gasteiger partial charge in [-0.05, 0) is 36.8 Å². The van der Waals surface area contributed by atoms with Gasteiger partial charge in [-0.2, -0.15) is 0 Å². The van der Waals surface area contributed by atoms with Crippen molar-refractivity contribution in [3.05, 3.63) is 94.0 Å². The van der Waals surface area contributed by atoms with Crippen molar-refractivity contribution in [1.29, 1.82) is 0 Å². The molecule has 0 radical (unpaired) electrons. The van der Waals surface area contributed by atoms with Gasteiger partial charge in [0, 0.05) is 15.6 Å². The molecule has 1 aliphatic heterocycles. The molecule has 1 N–H and O–H groups in total. The lowest BCUT2D eigenvalue weighted by molar-refractivity contribution is -0.135. The first-order valence-electron chi connectivity index (χ1n) is 10.0. The Bertz CT molecular complexity index is 1130. The second-order valence-corrected chi connectivity index (χ2v) is 8.47. The summed E-state index contributed by atoms with van der Waals surface area (Å²) in [5.41, 5.74) is 0.604. The van der Waals surface area contributed by atoms with Gasteiger partial charge >= 0.3 is 0 Å². The number of ketones is 1. The minimum atomic E-state index is -1.90. The van der Waals surface area contributed by atoms with Gasteiger partial charge in [0.15, 0.2) is 11.4 Å². The highest BCUT2D eigenvalue weighted by atomic mass is 79.9. The fraction of sp³-hybridized carbons (Fsp3) is 0.200. The Kier molecular flexibility index (Phi) is 5.94. The van der Waals surface area contributed by atoms with Crippen LogP contribution in [0.15, 0.2) is 77.3 Å². The van der Waals surface area contributed by atoms with Crippen LogP contribution in [0.1, 0.15) is 27.9 Å². The summed E-state index contributed by atoms with van der Waals surface area (Å²) >= 11 is 3.34. The van der Waals surface area contributed by atoms with Crippen LogP contribution in [0.5, 0.6) is 5.75 Å². The van der Waals surface area contributed by atoms with E-state index in [0.717, 1.165) is 15.8 Å². The van der Waals surface area contributed by atoms with Crippen molar-refractivity contribution < 1.29 is 19.4 Å². The van der Waals surface area contributed by atoms with Crippen LogP contribution in [0, 0.1) is 6.92 Å². The van der Waals surface area contributed by atoms with Crippen molar-refractivity contribution in [2.45, 2.75) is 18.9 Å². The summed E-state index contributed by atoms with van der Waals surface area (Å²) in [5.74, 6) is -0.0492. The number of rotatable bonds is 7. The Morgan fingerprint density at radius 2 is 1.71 bits per heavy atom. The number of Topliss-reactive ketones (excluding diaryl/α,β-unsaturated/α-hetero) is 1. The van der Waals surface area contributed by atoms with Gasteiger partial charge in [0.1, 0.15) is 12.4 Å². The second kappa shape index (κ2) is 8.65. The highest BCUT2D eigenvalue weighted by Gasteiger charge is 2.50. The number of carbonyl (C=O) groups is 2. The molecule has 0 aliphatic carbocycles. The van der Waals surface area contributed by atoms with Crippen molar-refractivity contribution in [2.75, 3.05) is 18.1 Å². The summed E-state index contributed by atoms with van der Waals surface area (Å²) in [7, 11) is 0. The van der Waals surface area contributed by atoms with Crippen molar-refractivity contribution in [3.8, 4) is 5.75 Å². The first-order chi connectivity index (χ1) is 14.9. The van der Waals surface area contributed by atoms with Crippen LogP contribution in [0.2, 0.25) is 0 Å². The summed E-state index contributed by atoms with van der Waals surface area (Å²) in [4.78, 5) is 27.6. The zero-order valence-electron chi connectivity index (χ0n) is 17.0. The van der Waals surface area contributed by atoms with Crippen LogP contribution in [-0.2, 0) is 10.4 Å². The molecular formula is C25H22BrNO4. The zero-order valence-corrected chi connectivity index (χ0v) is 18.6. The summed E-state index contributed by atoms with van der Waals surface area (Å²) in [6.07, 6.45) is -0.320. The van der Waals surface area contributed by atoms with Crippen LogP contribution in [0.3, 0.4) is 0 Å². The molecule has 0 saturated heterocycles.